The summed E-state index contributed by atoms with van der Waals surface area (Å²) in [6, 6.07) is 0. The monoisotopic (exact) mass is 204 g/mol. The molecule has 0 amide bonds. The fourth-order valence-electron chi connectivity index (χ4n) is 0.814. The molecule has 0 fully saturated rings. The van der Waals surface area contributed by atoms with E-state index < -0.39 is 7.60 Å². The highest BCUT2D eigenvalue weighted by molar-refractivity contribution is 7.53. The van der Waals surface area contributed by atoms with Crippen LogP contribution in [0.3, 0.4) is 0 Å². The van der Waals surface area contributed by atoms with Crippen LogP contribution in [-0.4, -0.2) is 17.7 Å². The zero-order chi connectivity index (χ0) is 10.2. The molecule has 1 unspecified atom stereocenters. The minimum absolute atomic E-state index is 0.0223. The largest absolute Gasteiger partial charge is 0.331 e. The molecule has 0 rings (SSSR count). The molecule has 3 nitrogen and oxygen atoms in total. The molecule has 0 aromatic rings. The van der Waals surface area contributed by atoms with Gasteiger partial charge in [0.05, 0.1) is 12.8 Å². The summed E-state index contributed by atoms with van der Waals surface area (Å²) < 4.78 is 15.9. The maximum atomic E-state index is 11.1. The van der Waals surface area contributed by atoms with E-state index in [4.69, 9.17) is 9.42 Å². The Hall–Kier alpha value is -0.370. The molecule has 0 saturated carbocycles. The highest BCUT2D eigenvalue weighted by Crippen LogP contribution is 2.41. The second-order valence-corrected chi connectivity index (χ2v) is 4.62. The molecule has 1 atom stereocenters. The van der Waals surface area contributed by atoms with Gasteiger partial charge in [-0.1, -0.05) is 12.2 Å². The van der Waals surface area contributed by atoms with Gasteiger partial charge >= 0.3 is 7.60 Å². The molecule has 0 aromatic carbocycles. The standard InChI is InChI=1S/C9H17O3P/c1-3-5-6-7-8-12-13(10,11)9-4-2/h3-4H,1-2,5-9H2,(H,10,11). The fraction of sp³-hybridized carbons (Fsp3) is 0.556. The molecule has 4 heteroatoms. The zero-order valence-corrected chi connectivity index (χ0v) is 8.71. The Morgan fingerprint density at radius 2 is 2.00 bits per heavy atom. The molecule has 0 aliphatic rings. The van der Waals surface area contributed by atoms with E-state index in [0.717, 1.165) is 19.3 Å². The maximum absolute atomic E-state index is 11.1. The van der Waals surface area contributed by atoms with E-state index in [0.29, 0.717) is 6.61 Å². The summed E-state index contributed by atoms with van der Waals surface area (Å²) >= 11 is 0. The number of rotatable bonds is 8. The summed E-state index contributed by atoms with van der Waals surface area (Å²) in [6.07, 6.45) is 5.88. The molecule has 0 aromatic heterocycles. The van der Waals surface area contributed by atoms with E-state index in [1.807, 2.05) is 6.08 Å². The summed E-state index contributed by atoms with van der Waals surface area (Å²) in [5.74, 6) is 0. The van der Waals surface area contributed by atoms with Crippen LogP contribution in [0.2, 0.25) is 0 Å². The lowest BCUT2D eigenvalue weighted by atomic mass is 10.2. The summed E-state index contributed by atoms with van der Waals surface area (Å²) in [6.45, 7) is 7.29. The van der Waals surface area contributed by atoms with Crippen molar-refractivity contribution in [3.8, 4) is 0 Å². The van der Waals surface area contributed by atoms with E-state index in [-0.39, 0.29) is 6.16 Å². The summed E-state index contributed by atoms with van der Waals surface area (Å²) in [5, 5.41) is 0. The molecular weight excluding hydrogens is 187 g/mol. The Kier molecular flexibility index (Phi) is 6.87. The third-order valence-corrected chi connectivity index (χ3v) is 2.76. The quantitative estimate of drug-likeness (QED) is 0.375. The minimum Gasteiger partial charge on any atom is -0.324 e. The minimum atomic E-state index is -3.39. The maximum Gasteiger partial charge on any atom is 0.331 e. The van der Waals surface area contributed by atoms with E-state index in [1.54, 1.807) is 0 Å². The molecule has 0 saturated heterocycles. The van der Waals surface area contributed by atoms with Crippen LogP contribution < -0.4 is 0 Å². The first-order valence-corrected chi connectivity index (χ1v) is 6.07. The molecule has 0 bridgehead atoms. The van der Waals surface area contributed by atoms with Gasteiger partial charge in [0.1, 0.15) is 0 Å². The van der Waals surface area contributed by atoms with Crippen LogP contribution in [0.15, 0.2) is 25.3 Å². The molecular formula is C9H17O3P. The van der Waals surface area contributed by atoms with Gasteiger partial charge in [-0.25, -0.2) is 0 Å². The lowest BCUT2D eigenvalue weighted by Crippen LogP contribution is -1.95. The van der Waals surface area contributed by atoms with Gasteiger partial charge in [0.25, 0.3) is 0 Å². The zero-order valence-electron chi connectivity index (χ0n) is 7.82. The van der Waals surface area contributed by atoms with Gasteiger partial charge in [0, 0.05) is 0 Å². The average Bonchev–Trinajstić information content (AvgIpc) is 2.04. The van der Waals surface area contributed by atoms with Crippen molar-refractivity contribution in [3.05, 3.63) is 25.3 Å². The van der Waals surface area contributed by atoms with Crippen LogP contribution in [0, 0.1) is 0 Å². The van der Waals surface area contributed by atoms with Gasteiger partial charge in [-0.05, 0) is 19.3 Å². The van der Waals surface area contributed by atoms with Crippen LogP contribution in [0.5, 0.6) is 0 Å². The van der Waals surface area contributed by atoms with Gasteiger partial charge in [-0.15, -0.1) is 13.2 Å². The lowest BCUT2D eigenvalue weighted by Gasteiger charge is -2.09. The first-order chi connectivity index (χ1) is 6.12. The summed E-state index contributed by atoms with van der Waals surface area (Å²) in [5.41, 5.74) is 0. The van der Waals surface area contributed by atoms with Crippen LogP contribution in [0.25, 0.3) is 0 Å². The van der Waals surface area contributed by atoms with Crippen molar-refractivity contribution in [1.29, 1.82) is 0 Å². The predicted octanol–water partition coefficient (Wildman–Crippen LogP) is 2.73. The first kappa shape index (κ1) is 12.6. The molecule has 76 valence electrons. The van der Waals surface area contributed by atoms with Crippen molar-refractivity contribution in [2.75, 3.05) is 12.8 Å². The number of hydrogen-bond acceptors (Lipinski definition) is 2. The first-order valence-electron chi connectivity index (χ1n) is 4.30. The summed E-state index contributed by atoms with van der Waals surface area (Å²) in [4.78, 5) is 9.11. The van der Waals surface area contributed by atoms with Gasteiger partial charge < -0.3 is 9.42 Å². The summed E-state index contributed by atoms with van der Waals surface area (Å²) in [7, 11) is -3.39. The Bertz CT molecular complexity index is 201. The fourth-order valence-corrected chi connectivity index (χ4v) is 1.66. The second kappa shape index (κ2) is 7.07. The topological polar surface area (TPSA) is 46.5 Å². The van der Waals surface area contributed by atoms with Crippen molar-refractivity contribution in [1.82, 2.24) is 0 Å². The van der Waals surface area contributed by atoms with Crippen LogP contribution in [0.1, 0.15) is 19.3 Å². The lowest BCUT2D eigenvalue weighted by molar-refractivity contribution is 0.256. The van der Waals surface area contributed by atoms with Crippen LogP contribution in [-0.2, 0) is 9.09 Å². The van der Waals surface area contributed by atoms with Crippen LogP contribution in [0.4, 0.5) is 0 Å². The van der Waals surface area contributed by atoms with E-state index >= 15 is 0 Å². The van der Waals surface area contributed by atoms with Crippen molar-refractivity contribution < 1.29 is 14.0 Å². The molecule has 0 radical (unpaired) electrons. The van der Waals surface area contributed by atoms with Gasteiger partial charge in [0.2, 0.25) is 0 Å². The predicted molar refractivity (Wildman–Crippen MR) is 54.9 cm³/mol. The molecule has 1 N–H and O–H groups in total. The number of hydrogen-bond donors (Lipinski definition) is 1. The third kappa shape index (κ3) is 7.97. The van der Waals surface area contributed by atoms with Crippen molar-refractivity contribution in [2.24, 2.45) is 0 Å². The number of unbranched alkanes of at least 4 members (excludes halogenated alkanes) is 2. The SMILES string of the molecule is C=CCCCCOP(=O)(O)CC=C. The highest BCUT2D eigenvalue weighted by atomic mass is 31.2. The number of allylic oxidation sites excluding steroid dienone is 2. The highest BCUT2D eigenvalue weighted by Gasteiger charge is 2.15. The molecule has 0 aliphatic heterocycles. The van der Waals surface area contributed by atoms with E-state index in [2.05, 4.69) is 13.2 Å². The molecule has 0 heterocycles. The Balaban J connectivity index is 3.45. The smallest absolute Gasteiger partial charge is 0.324 e. The van der Waals surface area contributed by atoms with Crippen molar-refractivity contribution in [3.63, 3.8) is 0 Å². The Morgan fingerprint density at radius 1 is 1.31 bits per heavy atom. The van der Waals surface area contributed by atoms with E-state index in [1.165, 1.54) is 6.08 Å². The van der Waals surface area contributed by atoms with Crippen molar-refractivity contribution in [2.45, 2.75) is 19.3 Å². The average molecular weight is 204 g/mol. The van der Waals surface area contributed by atoms with Gasteiger partial charge in [0.15, 0.2) is 0 Å². The van der Waals surface area contributed by atoms with Gasteiger partial charge in [-0.3, -0.25) is 4.57 Å². The van der Waals surface area contributed by atoms with Gasteiger partial charge in [-0.2, -0.15) is 0 Å². The third-order valence-electron chi connectivity index (χ3n) is 1.46. The second-order valence-electron chi connectivity index (χ2n) is 2.73. The normalized spacial score (nSPS) is 14.8. The molecule has 0 aliphatic carbocycles. The van der Waals surface area contributed by atoms with Crippen molar-refractivity contribution >= 4 is 7.60 Å². The van der Waals surface area contributed by atoms with Crippen LogP contribution >= 0.6 is 7.60 Å². The molecule has 13 heavy (non-hydrogen) atoms. The van der Waals surface area contributed by atoms with E-state index in [9.17, 15) is 4.57 Å². The Labute approximate surface area is 79.7 Å². The molecule has 0 spiro atoms. The Morgan fingerprint density at radius 3 is 2.54 bits per heavy atom.